The molecule has 2 radical (unpaired) electrons. The molecule has 0 aliphatic rings. The van der Waals surface area contributed by atoms with Crippen molar-refractivity contribution in [3.63, 3.8) is 0 Å². The Labute approximate surface area is 184 Å². The minimum atomic E-state index is 0. The fourth-order valence-corrected chi connectivity index (χ4v) is 3.05. The third-order valence-electron chi connectivity index (χ3n) is 4.57. The zero-order valence-electron chi connectivity index (χ0n) is 17.4. The van der Waals surface area contributed by atoms with Crippen LogP contribution in [0.25, 0.3) is 0 Å². The van der Waals surface area contributed by atoms with E-state index >= 15 is 0 Å². The third kappa shape index (κ3) is 9.99. The van der Waals surface area contributed by atoms with Gasteiger partial charge in [0, 0.05) is 60.5 Å². The number of pyridine rings is 2. The molecular formula is C22H32Li2N2. The molecule has 0 bridgehead atoms. The predicted octanol–water partition coefficient (Wildman–Crippen LogP) is 4.97. The van der Waals surface area contributed by atoms with Crippen LogP contribution in [0.15, 0.2) is 36.4 Å². The molecule has 0 spiro atoms. The molecule has 0 saturated carbocycles. The van der Waals surface area contributed by atoms with E-state index in [0.29, 0.717) is 0 Å². The van der Waals surface area contributed by atoms with Gasteiger partial charge in [0.2, 0.25) is 0 Å². The van der Waals surface area contributed by atoms with Gasteiger partial charge in [0.1, 0.15) is 0 Å². The van der Waals surface area contributed by atoms with Crippen LogP contribution >= 0.6 is 0 Å². The van der Waals surface area contributed by atoms with E-state index < -0.39 is 0 Å². The molecule has 2 nitrogen and oxygen atoms in total. The van der Waals surface area contributed by atoms with Gasteiger partial charge in [-0.15, -0.1) is 0 Å². The molecule has 0 amide bonds. The van der Waals surface area contributed by atoms with Crippen LogP contribution in [0.2, 0.25) is 0 Å². The first-order valence-electron chi connectivity index (χ1n) is 9.71. The molecule has 0 atom stereocenters. The maximum absolute atomic E-state index is 4.68. The standard InChI is InChI=1S/C22H32N2.2Li/c1-3-19-15-11-17-21(23-19)13-9-7-5-6-8-10-14-22-18-12-16-20(4-2)24-22;;/h11-12,15-18H,3-10,13-14H2,1-2H3;;. The molecule has 132 valence electrons. The molecule has 2 aromatic heterocycles. The van der Waals surface area contributed by atoms with Gasteiger partial charge in [-0.1, -0.05) is 51.7 Å². The number of hydrogen-bond acceptors (Lipinski definition) is 2. The smallest absolute Gasteiger partial charge is 0.0406 e. The Bertz CT molecular complexity index is 549. The molecule has 0 saturated heterocycles. The SMILES string of the molecule is CCc1cccc(CCCCCCCCc2cccc(CC)n2)n1.[Li].[Li]. The van der Waals surface area contributed by atoms with Crippen LogP contribution < -0.4 is 0 Å². The van der Waals surface area contributed by atoms with Crippen LogP contribution in [-0.2, 0) is 25.7 Å². The monoisotopic (exact) mass is 338 g/mol. The van der Waals surface area contributed by atoms with Crippen molar-refractivity contribution in [3.8, 4) is 0 Å². The van der Waals surface area contributed by atoms with Crippen molar-refractivity contribution >= 4 is 37.7 Å². The van der Waals surface area contributed by atoms with E-state index in [0.717, 1.165) is 25.7 Å². The second-order valence-electron chi connectivity index (χ2n) is 6.57. The summed E-state index contributed by atoms with van der Waals surface area (Å²) >= 11 is 0. The van der Waals surface area contributed by atoms with Crippen molar-refractivity contribution in [2.45, 2.75) is 78.1 Å². The van der Waals surface area contributed by atoms with Crippen LogP contribution in [0.4, 0.5) is 0 Å². The molecular weight excluding hydrogens is 306 g/mol. The van der Waals surface area contributed by atoms with Crippen molar-refractivity contribution in [1.29, 1.82) is 0 Å². The Balaban J connectivity index is 0.00000312. The summed E-state index contributed by atoms with van der Waals surface area (Å²) in [6.07, 6.45) is 12.2. The molecule has 26 heavy (non-hydrogen) atoms. The summed E-state index contributed by atoms with van der Waals surface area (Å²) < 4.78 is 0. The van der Waals surface area contributed by atoms with E-state index in [-0.39, 0.29) is 37.7 Å². The predicted molar refractivity (Wildman–Crippen MR) is 114 cm³/mol. The molecule has 0 fully saturated rings. The Hall–Kier alpha value is -0.505. The van der Waals surface area contributed by atoms with Gasteiger partial charge >= 0.3 is 0 Å². The summed E-state index contributed by atoms with van der Waals surface area (Å²) in [7, 11) is 0. The summed E-state index contributed by atoms with van der Waals surface area (Å²) in [5.74, 6) is 0. The van der Waals surface area contributed by atoms with Crippen molar-refractivity contribution in [2.75, 3.05) is 0 Å². The third-order valence-corrected chi connectivity index (χ3v) is 4.57. The fraction of sp³-hybridized carbons (Fsp3) is 0.545. The first kappa shape index (κ1) is 25.5. The second kappa shape index (κ2) is 15.5. The fourth-order valence-electron chi connectivity index (χ4n) is 3.05. The zero-order chi connectivity index (χ0) is 17.0. The number of aryl methyl sites for hydroxylation is 4. The first-order valence-corrected chi connectivity index (χ1v) is 9.71. The van der Waals surface area contributed by atoms with E-state index in [2.05, 4.69) is 60.2 Å². The van der Waals surface area contributed by atoms with Gasteiger partial charge < -0.3 is 0 Å². The Morgan fingerprint density at radius 1 is 0.538 bits per heavy atom. The van der Waals surface area contributed by atoms with E-state index in [1.807, 2.05) is 0 Å². The minimum Gasteiger partial charge on any atom is -0.258 e. The summed E-state index contributed by atoms with van der Waals surface area (Å²) in [4.78, 5) is 9.36. The van der Waals surface area contributed by atoms with E-state index in [1.54, 1.807) is 0 Å². The summed E-state index contributed by atoms with van der Waals surface area (Å²) in [5, 5.41) is 0. The average molecular weight is 338 g/mol. The van der Waals surface area contributed by atoms with Crippen molar-refractivity contribution in [3.05, 3.63) is 59.2 Å². The zero-order valence-corrected chi connectivity index (χ0v) is 17.4. The number of hydrogen-bond donors (Lipinski definition) is 0. The van der Waals surface area contributed by atoms with Gasteiger partial charge in [0.05, 0.1) is 0 Å². The second-order valence-corrected chi connectivity index (χ2v) is 6.57. The molecule has 0 aromatic carbocycles. The topological polar surface area (TPSA) is 25.8 Å². The normalized spacial score (nSPS) is 10.1. The summed E-state index contributed by atoms with van der Waals surface area (Å²) in [5.41, 5.74) is 4.95. The number of rotatable bonds is 11. The molecule has 2 aromatic rings. The molecule has 0 N–H and O–H groups in total. The molecule has 2 heterocycles. The average Bonchev–Trinajstić information content (AvgIpc) is 2.64. The van der Waals surface area contributed by atoms with Gasteiger partial charge in [-0.25, -0.2) is 0 Å². The van der Waals surface area contributed by atoms with Gasteiger partial charge in [-0.3, -0.25) is 9.97 Å². The van der Waals surface area contributed by atoms with Crippen LogP contribution in [0.1, 0.15) is 75.1 Å². The maximum atomic E-state index is 4.68. The molecule has 0 aliphatic heterocycles. The van der Waals surface area contributed by atoms with E-state index in [4.69, 9.17) is 0 Å². The van der Waals surface area contributed by atoms with Crippen LogP contribution in [0.3, 0.4) is 0 Å². The van der Waals surface area contributed by atoms with Gasteiger partial charge in [-0.2, -0.15) is 0 Å². The number of unbranched alkanes of at least 4 members (excludes halogenated alkanes) is 5. The Morgan fingerprint density at radius 3 is 1.27 bits per heavy atom. The van der Waals surface area contributed by atoms with E-state index in [9.17, 15) is 0 Å². The quantitative estimate of drug-likeness (QED) is 0.427. The van der Waals surface area contributed by atoms with Crippen LogP contribution in [-0.4, -0.2) is 47.7 Å². The van der Waals surface area contributed by atoms with Crippen molar-refractivity contribution in [2.24, 2.45) is 0 Å². The van der Waals surface area contributed by atoms with Crippen molar-refractivity contribution in [1.82, 2.24) is 9.97 Å². The van der Waals surface area contributed by atoms with Gasteiger partial charge in [0.15, 0.2) is 0 Å². The Kier molecular flexibility index (Phi) is 15.2. The number of nitrogens with zero attached hydrogens (tertiary/aromatic N) is 2. The van der Waals surface area contributed by atoms with Crippen LogP contribution in [0, 0.1) is 0 Å². The summed E-state index contributed by atoms with van der Waals surface area (Å²) in [6.45, 7) is 4.33. The largest absolute Gasteiger partial charge is 0.258 e. The summed E-state index contributed by atoms with van der Waals surface area (Å²) in [6, 6.07) is 12.8. The van der Waals surface area contributed by atoms with Crippen molar-refractivity contribution < 1.29 is 0 Å². The minimum absolute atomic E-state index is 0. The Morgan fingerprint density at radius 2 is 0.885 bits per heavy atom. The number of aromatic nitrogens is 2. The van der Waals surface area contributed by atoms with Gasteiger partial charge in [-0.05, 0) is 62.8 Å². The molecule has 0 unspecified atom stereocenters. The van der Waals surface area contributed by atoms with Crippen LogP contribution in [0.5, 0.6) is 0 Å². The molecule has 0 aliphatic carbocycles. The van der Waals surface area contributed by atoms with Gasteiger partial charge in [0.25, 0.3) is 0 Å². The maximum Gasteiger partial charge on any atom is 0.0406 e. The molecule has 2 rings (SSSR count). The molecule has 4 heteroatoms. The first-order chi connectivity index (χ1) is 11.8. The van der Waals surface area contributed by atoms with E-state index in [1.165, 1.54) is 61.3 Å².